The highest BCUT2D eigenvalue weighted by atomic mass is 19.3. The number of amides is 2. The maximum Gasteiger partial charge on any atom is 0.282 e. The van der Waals surface area contributed by atoms with Crippen molar-refractivity contribution in [2.45, 2.75) is 45.6 Å². The fourth-order valence-electron chi connectivity index (χ4n) is 3.00. The van der Waals surface area contributed by atoms with Crippen molar-refractivity contribution in [3.05, 3.63) is 18.0 Å². The number of nitrogens with two attached hydrogens (primary N) is 1. The van der Waals surface area contributed by atoms with Crippen molar-refractivity contribution in [1.29, 1.82) is 0 Å². The van der Waals surface area contributed by atoms with Gasteiger partial charge in [-0.3, -0.25) is 9.59 Å². The van der Waals surface area contributed by atoms with Crippen LogP contribution < -0.4 is 20.7 Å². The van der Waals surface area contributed by atoms with E-state index in [4.69, 9.17) is 10.5 Å². The van der Waals surface area contributed by atoms with Crippen LogP contribution in [0.25, 0.3) is 0 Å². The Kier molecular flexibility index (Phi) is 5.20. The lowest BCUT2D eigenvalue weighted by Gasteiger charge is -2.40. The summed E-state index contributed by atoms with van der Waals surface area (Å²) in [6.45, 7) is 5.00. The normalized spacial score (nSPS) is 19.5. The van der Waals surface area contributed by atoms with Crippen LogP contribution in [-0.2, 0) is 4.79 Å². The van der Waals surface area contributed by atoms with Crippen molar-refractivity contribution in [2.24, 2.45) is 17.1 Å². The standard InChI is InChI=1S/C19H26F2N4O3/c1-18(2,3)15(16(22)26)24-17(27)12-6-14(28-8-11-4-5-11)13(7-23-12)25-9-19(20,21)10-25/h6-7,11,15H,4-5,8-10H2,1-3H3,(H2,22,26)(H,24,27). The number of alkyl halides is 2. The first-order valence-electron chi connectivity index (χ1n) is 9.32. The van der Waals surface area contributed by atoms with E-state index in [1.165, 1.54) is 17.2 Å². The molecule has 3 rings (SSSR count). The molecule has 1 aromatic rings. The number of hydrogen-bond acceptors (Lipinski definition) is 5. The number of carbonyl (C=O) groups excluding carboxylic acids is 2. The van der Waals surface area contributed by atoms with Crippen LogP contribution in [0.3, 0.4) is 0 Å². The lowest BCUT2D eigenvalue weighted by molar-refractivity contribution is -0.122. The zero-order valence-corrected chi connectivity index (χ0v) is 16.3. The highest BCUT2D eigenvalue weighted by molar-refractivity contribution is 5.96. The number of ether oxygens (including phenoxy) is 1. The van der Waals surface area contributed by atoms with Crippen LogP contribution in [0.15, 0.2) is 12.3 Å². The molecule has 1 atom stereocenters. The van der Waals surface area contributed by atoms with E-state index in [0.717, 1.165) is 12.8 Å². The lowest BCUT2D eigenvalue weighted by atomic mass is 9.86. The summed E-state index contributed by atoms with van der Waals surface area (Å²) >= 11 is 0. The van der Waals surface area contributed by atoms with E-state index in [0.29, 0.717) is 24.0 Å². The van der Waals surface area contributed by atoms with Crippen LogP contribution >= 0.6 is 0 Å². The molecule has 1 aliphatic heterocycles. The molecule has 2 amide bonds. The summed E-state index contributed by atoms with van der Waals surface area (Å²) in [7, 11) is 0. The van der Waals surface area contributed by atoms with Crippen molar-refractivity contribution in [1.82, 2.24) is 10.3 Å². The third-order valence-corrected chi connectivity index (χ3v) is 4.86. The van der Waals surface area contributed by atoms with Gasteiger partial charge < -0.3 is 20.7 Å². The van der Waals surface area contributed by atoms with Gasteiger partial charge in [0.05, 0.1) is 31.6 Å². The van der Waals surface area contributed by atoms with Crippen LogP contribution in [0, 0.1) is 11.3 Å². The number of rotatable bonds is 7. The quantitative estimate of drug-likeness (QED) is 0.734. The maximum absolute atomic E-state index is 13.3. The second-order valence-corrected chi connectivity index (χ2v) is 8.68. The summed E-state index contributed by atoms with van der Waals surface area (Å²) in [6.07, 6.45) is 3.51. The second kappa shape index (κ2) is 7.18. The molecule has 0 spiro atoms. The topological polar surface area (TPSA) is 97.6 Å². The van der Waals surface area contributed by atoms with Gasteiger partial charge in [0.15, 0.2) is 0 Å². The molecule has 154 valence electrons. The summed E-state index contributed by atoms with van der Waals surface area (Å²) in [5, 5.41) is 2.60. The zero-order chi connectivity index (χ0) is 20.7. The van der Waals surface area contributed by atoms with Gasteiger partial charge in [-0.2, -0.15) is 0 Å². The van der Waals surface area contributed by atoms with Gasteiger partial charge in [-0.05, 0) is 24.2 Å². The first-order valence-corrected chi connectivity index (χ1v) is 9.32. The molecule has 0 aromatic carbocycles. The molecule has 3 N–H and O–H groups in total. The zero-order valence-electron chi connectivity index (χ0n) is 16.3. The fourth-order valence-corrected chi connectivity index (χ4v) is 3.00. The summed E-state index contributed by atoms with van der Waals surface area (Å²) in [5.74, 6) is -3.16. The van der Waals surface area contributed by atoms with Crippen LogP contribution in [0.1, 0.15) is 44.1 Å². The highest BCUT2D eigenvalue weighted by Crippen LogP contribution is 2.38. The van der Waals surface area contributed by atoms with Crippen molar-refractivity contribution < 1.29 is 23.1 Å². The molecule has 2 heterocycles. The predicted octanol–water partition coefficient (Wildman–Crippen LogP) is 1.96. The number of carbonyl (C=O) groups is 2. The van der Waals surface area contributed by atoms with Crippen LogP contribution in [-0.4, -0.2) is 48.5 Å². The lowest BCUT2D eigenvalue weighted by Crippen LogP contribution is -2.56. The van der Waals surface area contributed by atoms with Gasteiger partial charge in [-0.25, -0.2) is 13.8 Å². The van der Waals surface area contributed by atoms with Gasteiger partial charge in [0, 0.05) is 6.07 Å². The minimum Gasteiger partial charge on any atom is -0.491 e. The summed E-state index contributed by atoms with van der Waals surface area (Å²) in [5.41, 5.74) is 5.31. The molecule has 9 heteroatoms. The van der Waals surface area contributed by atoms with E-state index in [9.17, 15) is 18.4 Å². The Balaban J connectivity index is 1.79. The van der Waals surface area contributed by atoms with E-state index in [1.807, 2.05) is 0 Å². The van der Waals surface area contributed by atoms with Crippen molar-refractivity contribution in [3.8, 4) is 5.75 Å². The Bertz CT molecular complexity index is 767. The molecule has 1 saturated carbocycles. The summed E-state index contributed by atoms with van der Waals surface area (Å²) < 4.78 is 32.3. The Hall–Kier alpha value is -2.45. The Labute approximate surface area is 162 Å². The van der Waals surface area contributed by atoms with Gasteiger partial charge in [-0.1, -0.05) is 20.8 Å². The number of anilines is 1. The first-order chi connectivity index (χ1) is 13.0. The number of halogens is 2. The van der Waals surface area contributed by atoms with Crippen LogP contribution in [0.5, 0.6) is 5.75 Å². The van der Waals surface area contributed by atoms with E-state index in [1.54, 1.807) is 20.8 Å². The summed E-state index contributed by atoms with van der Waals surface area (Å²) in [6, 6.07) is 0.552. The molecule has 1 unspecified atom stereocenters. The van der Waals surface area contributed by atoms with E-state index < -0.39 is 42.3 Å². The number of nitrogens with one attached hydrogen (secondary N) is 1. The maximum atomic E-state index is 13.3. The number of aromatic nitrogens is 1. The molecule has 1 aliphatic carbocycles. The third-order valence-electron chi connectivity index (χ3n) is 4.86. The van der Waals surface area contributed by atoms with Gasteiger partial charge in [0.25, 0.3) is 11.8 Å². The molecule has 2 aliphatic rings. The average Bonchev–Trinajstić information content (AvgIpc) is 3.38. The third kappa shape index (κ3) is 4.69. The molecular formula is C19H26F2N4O3. The van der Waals surface area contributed by atoms with Gasteiger partial charge in [-0.15, -0.1) is 0 Å². The molecule has 1 aromatic heterocycles. The second-order valence-electron chi connectivity index (χ2n) is 8.68. The van der Waals surface area contributed by atoms with Crippen molar-refractivity contribution in [2.75, 3.05) is 24.6 Å². The van der Waals surface area contributed by atoms with Crippen molar-refractivity contribution in [3.63, 3.8) is 0 Å². The number of primary amides is 1. The Morgan fingerprint density at radius 1 is 1.39 bits per heavy atom. The predicted molar refractivity (Wildman–Crippen MR) is 99.5 cm³/mol. The molecular weight excluding hydrogens is 370 g/mol. The Morgan fingerprint density at radius 2 is 2.04 bits per heavy atom. The van der Waals surface area contributed by atoms with Gasteiger partial charge in [0.1, 0.15) is 17.5 Å². The minimum absolute atomic E-state index is 0.0392. The SMILES string of the molecule is CC(C)(C)C(NC(=O)c1cc(OCC2CC2)c(N2CC(F)(F)C2)cn1)C(N)=O. The smallest absolute Gasteiger partial charge is 0.282 e. The van der Waals surface area contributed by atoms with Crippen molar-refractivity contribution >= 4 is 17.5 Å². The van der Waals surface area contributed by atoms with Crippen LogP contribution in [0.4, 0.5) is 14.5 Å². The number of hydrogen-bond donors (Lipinski definition) is 2. The summed E-state index contributed by atoms with van der Waals surface area (Å²) in [4.78, 5) is 29.9. The molecule has 1 saturated heterocycles. The van der Waals surface area contributed by atoms with E-state index in [-0.39, 0.29) is 5.69 Å². The molecule has 28 heavy (non-hydrogen) atoms. The number of nitrogens with zero attached hydrogens (tertiary/aromatic N) is 2. The fraction of sp³-hybridized carbons (Fsp3) is 0.632. The molecule has 0 bridgehead atoms. The first kappa shape index (κ1) is 20.3. The van der Waals surface area contributed by atoms with Gasteiger partial charge >= 0.3 is 0 Å². The van der Waals surface area contributed by atoms with Crippen LogP contribution in [0.2, 0.25) is 0 Å². The number of pyridine rings is 1. The average molecular weight is 396 g/mol. The van der Waals surface area contributed by atoms with E-state index >= 15 is 0 Å². The van der Waals surface area contributed by atoms with E-state index in [2.05, 4.69) is 10.3 Å². The molecule has 2 fully saturated rings. The van der Waals surface area contributed by atoms with Gasteiger partial charge in [0.2, 0.25) is 5.91 Å². The highest BCUT2D eigenvalue weighted by Gasteiger charge is 2.45. The minimum atomic E-state index is -2.73. The molecule has 7 nitrogen and oxygen atoms in total. The molecule has 0 radical (unpaired) electrons. The Morgan fingerprint density at radius 3 is 2.54 bits per heavy atom. The monoisotopic (exact) mass is 396 g/mol. The largest absolute Gasteiger partial charge is 0.491 e.